The van der Waals surface area contributed by atoms with Gasteiger partial charge in [-0.3, -0.25) is 4.79 Å². The Labute approximate surface area is 125 Å². The largest absolute Gasteiger partial charge is 0.494 e. The molecule has 1 atom stereocenters. The molecule has 0 bridgehead atoms. The molecule has 0 aromatic heterocycles. The quantitative estimate of drug-likeness (QED) is 0.872. The molecule has 1 heterocycles. The third kappa shape index (κ3) is 3.94. The molecule has 1 saturated heterocycles. The third-order valence-corrected chi connectivity index (χ3v) is 4.06. The zero-order valence-corrected chi connectivity index (χ0v) is 12.7. The van der Waals surface area contributed by atoms with E-state index in [0.717, 1.165) is 31.5 Å². The number of ether oxygens (including phenoxy) is 1. The maximum atomic E-state index is 13.3. The third-order valence-electron chi connectivity index (χ3n) is 4.06. The number of hydrogen-bond donors (Lipinski definition) is 2. The summed E-state index contributed by atoms with van der Waals surface area (Å²) in [6.07, 6.45) is 2.60. The van der Waals surface area contributed by atoms with E-state index in [2.05, 4.69) is 10.6 Å². The van der Waals surface area contributed by atoms with Crippen LogP contribution >= 0.6 is 0 Å². The lowest BCUT2D eigenvalue weighted by Gasteiger charge is -2.32. The molecule has 4 nitrogen and oxygen atoms in total. The van der Waals surface area contributed by atoms with Gasteiger partial charge in [-0.2, -0.15) is 0 Å². The van der Waals surface area contributed by atoms with Crippen molar-refractivity contribution in [2.24, 2.45) is 5.41 Å². The molecular weight excluding hydrogens is 271 g/mol. The molecule has 2 rings (SSSR count). The van der Waals surface area contributed by atoms with Crippen molar-refractivity contribution in [2.75, 3.05) is 26.7 Å². The lowest BCUT2D eigenvalue weighted by atomic mass is 9.82. The first-order valence-corrected chi connectivity index (χ1v) is 7.36. The number of rotatable bonds is 5. The van der Waals surface area contributed by atoms with Crippen LogP contribution in [0.2, 0.25) is 0 Å². The molecule has 2 N–H and O–H groups in total. The fourth-order valence-electron chi connectivity index (χ4n) is 2.64. The smallest absolute Gasteiger partial charge is 0.227 e. The molecule has 0 aliphatic carbocycles. The molecule has 21 heavy (non-hydrogen) atoms. The predicted octanol–water partition coefficient (Wildman–Crippen LogP) is 1.88. The minimum Gasteiger partial charge on any atom is -0.494 e. The highest BCUT2D eigenvalue weighted by Crippen LogP contribution is 2.25. The number of nitrogens with one attached hydrogen (secondary N) is 2. The lowest BCUT2D eigenvalue weighted by molar-refractivity contribution is -0.131. The van der Waals surface area contributed by atoms with Gasteiger partial charge in [0.2, 0.25) is 5.91 Å². The van der Waals surface area contributed by atoms with Crippen LogP contribution in [0.5, 0.6) is 5.75 Å². The second kappa shape index (κ2) is 6.89. The predicted molar refractivity (Wildman–Crippen MR) is 79.9 cm³/mol. The van der Waals surface area contributed by atoms with Gasteiger partial charge in [0.05, 0.1) is 12.5 Å². The summed E-state index contributed by atoms with van der Waals surface area (Å²) in [5, 5.41) is 6.25. The highest BCUT2D eigenvalue weighted by atomic mass is 19.1. The topological polar surface area (TPSA) is 50.4 Å². The van der Waals surface area contributed by atoms with Crippen LogP contribution in [-0.2, 0) is 11.2 Å². The van der Waals surface area contributed by atoms with Crippen LogP contribution in [0.25, 0.3) is 0 Å². The van der Waals surface area contributed by atoms with Crippen LogP contribution in [0.4, 0.5) is 4.39 Å². The Morgan fingerprint density at radius 3 is 3.00 bits per heavy atom. The first-order chi connectivity index (χ1) is 10.0. The fraction of sp³-hybridized carbons (Fsp3) is 0.562. The van der Waals surface area contributed by atoms with Gasteiger partial charge in [0.25, 0.3) is 0 Å². The van der Waals surface area contributed by atoms with Crippen LogP contribution in [0.15, 0.2) is 18.2 Å². The highest BCUT2D eigenvalue weighted by Gasteiger charge is 2.34. The van der Waals surface area contributed by atoms with Crippen LogP contribution < -0.4 is 15.4 Å². The van der Waals surface area contributed by atoms with Gasteiger partial charge in [0, 0.05) is 13.1 Å². The molecule has 0 spiro atoms. The molecule has 1 fully saturated rings. The normalized spacial score (nSPS) is 21.9. The van der Waals surface area contributed by atoms with Crippen molar-refractivity contribution in [3.8, 4) is 5.75 Å². The number of halogens is 1. The van der Waals surface area contributed by atoms with Crippen molar-refractivity contribution in [3.05, 3.63) is 29.6 Å². The Bertz CT molecular complexity index is 499. The molecule has 5 heteroatoms. The van der Waals surface area contributed by atoms with E-state index in [9.17, 15) is 9.18 Å². The lowest BCUT2D eigenvalue weighted by Crippen LogP contribution is -2.49. The minimum atomic E-state index is -0.369. The maximum Gasteiger partial charge on any atom is 0.227 e. The molecule has 1 amide bonds. The van der Waals surface area contributed by atoms with Crippen LogP contribution in [-0.4, -0.2) is 32.7 Å². The van der Waals surface area contributed by atoms with Crippen molar-refractivity contribution >= 4 is 5.91 Å². The Morgan fingerprint density at radius 1 is 1.52 bits per heavy atom. The number of carbonyl (C=O) groups excluding carboxylic acids is 1. The molecule has 116 valence electrons. The summed E-state index contributed by atoms with van der Waals surface area (Å²) in [7, 11) is 1.45. The first kappa shape index (κ1) is 15.8. The fourth-order valence-corrected chi connectivity index (χ4v) is 2.64. The van der Waals surface area contributed by atoms with Crippen LogP contribution in [0.3, 0.4) is 0 Å². The number of benzene rings is 1. The standard InChI is InChI=1S/C16H23FN2O2/c1-16(7-3-8-18-11-16)15(20)19-9-6-12-4-5-13(17)14(10-12)21-2/h4-5,10,18H,3,6-9,11H2,1-2H3,(H,19,20). The van der Waals surface area contributed by atoms with Gasteiger partial charge < -0.3 is 15.4 Å². The second-order valence-corrected chi connectivity index (χ2v) is 5.82. The SMILES string of the molecule is COc1cc(CCNC(=O)C2(C)CCCNC2)ccc1F. The number of carbonyl (C=O) groups is 1. The summed E-state index contributed by atoms with van der Waals surface area (Å²) in [5.74, 6) is -0.0443. The van der Waals surface area contributed by atoms with Gasteiger partial charge in [-0.15, -0.1) is 0 Å². The Kier molecular flexibility index (Phi) is 5.17. The zero-order chi connectivity index (χ0) is 15.3. The molecule has 0 saturated carbocycles. The van der Waals surface area contributed by atoms with Gasteiger partial charge in [-0.1, -0.05) is 6.07 Å². The van der Waals surface area contributed by atoms with Crippen molar-refractivity contribution in [2.45, 2.75) is 26.2 Å². The van der Waals surface area contributed by atoms with Gasteiger partial charge in [-0.05, 0) is 50.4 Å². The average molecular weight is 294 g/mol. The van der Waals surface area contributed by atoms with Crippen LogP contribution in [0.1, 0.15) is 25.3 Å². The number of piperidine rings is 1. The molecule has 1 aromatic rings. The van der Waals surface area contributed by atoms with Crippen LogP contribution in [0, 0.1) is 11.2 Å². The highest BCUT2D eigenvalue weighted by molar-refractivity contribution is 5.82. The molecule has 1 aromatic carbocycles. The van der Waals surface area contributed by atoms with Gasteiger partial charge >= 0.3 is 0 Å². The average Bonchev–Trinajstić information content (AvgIpc) is 2.49. The van der Waals surface area contributed by atoms with Crippen molar-refractivity contribution in [1.29, 1.82) is 0 Å². The summed E-state index contributed by atoms with van der Waals surface area (Å²) in [4.78, 5) is 12.3. The monoisotopic (exact) mass is 294 g/mol. The number of amides is 1. The molecule has 1 aliphatic rings. The van der Waals surface area contributed by atoms with Gasteiger partial charge in [-0.25, -0.2) is 4.39 Å². The summed E-state index contributed by atoms with van der Waals surface area (Å²) in [5.41, 5.74) is 0.624. The maximum absolute atomic E-state index is 13.3. The van der Waals surface area contributed by atoms with Crippen molar-refractivity contribution in [3.63, 3.8) is 0 Å². The minimum absolute atomic E-state index is 0.0868. The van der Waals surface area contributed by atoms with E-state index in [-0.39, 0.29) is 22.9 Å². The van der Waals surface area contributed by atoms with E-state index >= 15 is 0 Å². The number of methoxy groups -OCH3 is 1. The zero-order valence-electron chi connectivity index (χ0n) is 12.7. The summed E-state index contributed by atoms with van der Waals surface area (Å²) >= 11 is 0. The van der Waals surface area contributed by atoms with Crippen molar-refractivity contribution < 1.29 is 13.9 Å². The Balaban J connectivity index is 1.85. The van der Waals surface area contributed by atoms with Gasteiger partial charge in [0.15, 0.2) is 11.6 Å². The second-order valence-electron chi connectivity index (χ2n) is 5.82. The van der Waals surface area contributed by atoms with E-state index in [1.807, 2.05) is 6.92 Å². The van der Waals surface area contributed by atoms with E-state index in [1.165, 1.54) is 13.2 Å². The first-order valence-electron chi connectivity index (χ1n) is 7.36. The molecular formula is C16H23FN2O2. The summed E-state index contributed by atoms with van der Waals surface area (Å²) in [6, 6.07) is 4.78. The van der Waals surface area contributed by atoms with E-state index < -0.39 is 0 Å². The number of hydrogen-bond acceptors (Lipinski definition) is 3. The summed E-state index contributed by atoms with van der Waals surface area (Å²) in [6.45, 7) is 4.25. The van der Waals surface area contributed by atoms with E-state index in [0.29, 0.717) is 13.0 Å². The van der Waals surface area contributed by atoms with Crippen molar-refractivity contribution in [1.82, 2.24) is 10.6 Å². The summed E-state index contributed by atoms with van der Waals surface area (Å²) < 4.78 is 18.3. The molecule has 0 radical (unpaired) electrons. The van der Waals surface area contributed by atoms with E-state index in [4.69, 9.17) is 4.74 Å². The molecule has 1 aliphatic heterocycles. The molecule has 1 unspecified atom stereocenters. The van der Waals surface area contributed by atoms with E-state index in [1.54, 1.807) is 12.1 Å². The van der Waals surface area contributed by atoms with Gasteiger partial charge in [0.1, 0.15) is 0 Å². The Morgan fingerprint density at radius 2 is 2.33 bits per heavy atom. The Hall–Kier alpha value is -1.62.